The molecule has 0 fully saturated rings. The van der Waals surface area contributed by atoms with Gasteiger partial charge in [0.25, 0.3) is 0 Å². The molecule has 0 aliphatic rings. The smallest absolute Gasteiger partial charge is 0.115 e. The molecule has 0 saturated carbocycles. The molecular formula is C124H109Br2ClILiMg2N16SnZn2. The van der Waals surface area contributed by atoms with Gasteiger partial charge in [0.05, 0.1) is 67.2 Å². The molecule has 13 aromatic heterocycles. The standard InChI is InChI=1S/C29H29N2.C21H16N3.C19H11N2.C15H10N3.C15H9N2.C13H7N4.3C4H9.2BrH.ClH.HI.Li.2Mg.Sn.2Zn/c1-18-10-9-11-19(2)26(18)27-20(3)30-28-23-13-8-7-12-22(23)24-16-21(17-29(4,5)6)14-15-25(24)31(27)28;1-23(2)14-11-12-16-15-7-3-4-8-17(15)21-22-18-9-5-6-10-19(18)24(21)20(16)13-14;1-2-9-15-13(7-1)14-8-3-5-11-17(14)21-18-12-6-4-10-16(18)20-19(15)21;1-10-16-17-15-13-8-3-2-6-11(13)12-7-4-5-9-14(12)18(10)15;1-2-7-13-11(5-1)12-6-3-4-8-14(12)17-10-9-16-15(13)17;1-2-4-11-9(3-1)10-5-6-14-7-12(10)17-8-15-16-13(11)17;3*1-3-4-2;;;;;;;;;;/h7-12,14-16H,17H2,1-6H3;3-7,9-13H,1-2H3;1-8,10-12H;2-7,9H,1H3;1-6,8-10H;1-3,5-8H;3*1,3-4H2,2H3;4*1H;;;;;;/q3*-1;;2*-1;;;;;;;;+1;2*+2;;2*+2/p-4. The third kappa shape index (κ3) is 21.8. The summed E-state index contributed by atoms with van der Waals surface area (Å²) in [6.07, 6.45) is 18.2. The van der Waals surface area contributed by atoms with Crippen LogP contribution in [0.15, 0.2) is 322 Å². The number of anilines is 1. The van der Waals surface area contributed by atoms with Crippen LogP contribution in [0.3, 0.4) is 0 Å². The Bertz CT molecular complexity index is 9240. The Kier molecular flexibility index (Phi) is 38.2. The number of pyridine rings is 7. The van der Waals surface area contributed by atoms with Crippen LogP contribution < -0.4 is 68.3 Å². The first-order chi connectivity index (χ1) is 71.0. The van der Waals surface area contributed by atoms with E-state index in [1.54, 1.807) is 16.1 Å². The number of hydrogen-bond acceptors (Lipinski definition) is 10. The molecule has 0 atom stereocenters. The van der Waals surface area contributed by atoms with Crippen LogP contribution >= 0.6 is 23.3 Å². The number of rotatable bonds is 13. The molecule has 13 heterocycles. The summed E-state index contributed by atoms with van der Waals surface area (Å²) >= 11 is 2.46. The van der Waals surface area contributed by atoms with Crippen molar-refractivity contribution in [2.24, 2.45) is 5.41 Å². The van der Waals surface area contributed by atoms with Crippen LogP contribution in [0.5, 0.6) is 0 Å². The molecule has 0 aliphatic carbocycles. The number of benzene rings is 14. The quantitative estimate of drug-likeness (QED) is 0.0473. The third-order valence-corrected chi connectivity index (χ3v) is 43.9. The summed E-state index contributed by atoms with van der Waals surface area (Å²) in [5.41, 5.74) is 26.0. The van der Waals surface area contributed by atoms with Crippen LogP contribution in [-0.2, 0) is 40.1 Å². The fourth-order valence-electron chi connectivity index (χ4n) is 21.8. The van der Waals surface area contributed by atoms with Crippen molar-refractivity contribution in [3.05, 3.63) is 381 Å². The third-order valence-electron chi connectivity index (χ3n) is 28.2. The van der Waals surface area contributed by atoms with E-state index in [4.69, 9.17) is 29.7 Å². The summed E-state index contributed by atoms with van der Waals surface area (Å²) in [5.74, 6) is 0.986. The second kappa shape index (κ2) is 50.4. The molecule has 150 heavy (non-hydrogen) atoms. The van der Waals surface area contributed by atoms with Crippen molar-refractivity contribution in [2.45, 2.75) is 127 Å². The summed E-state index contributed by atoms with van der Waals surface area (Å²) < 4.78 is 19.3. The van der Waals surface area contributed by atoms with Gasteiger partial charge >= 0.3 is 314 Å². The molecule has 0 radical (unpaired) electrons. The summed E-state index contributed by atoms with van der Waals surface area (Å²) in [6, 6.07) is 119. The minimum absolute atomic E-state index is 0. The largest absolute Gasteiger partial charge is 0.340 e. The minimum Gasteiger partial charge on any atom is -0.340 e. The molecule has 726 valence electrons. The molecule has 0 aliphatic heterocycles. The molecule has 26 heteroatoms. The van der Waals surface area contributed by atoms with Gasteiger partial charge in [-0.1, -0.05) is 150 Å². The number of nitrogens with zero attached hydrogens (tertiary/aromatic N) is 16. The van der Waals surface area contributed by atoms with Gasteiger partial charge in [0.15, 0.2) is 0 Å². The molecule has 0 spiro atoms. The van der Waals surface area contributed by atoms with Gasteiger partial charge in [-0.15, -0.1) is 148 Å². The Labute approximate surface area is 980 Å². The first-order valence-corrected chi connectivity index (χ1v) is 68.2. The van der Waals surface area contributed by atoms with E-state index >= 15 is 0 Å². The van der Waals surface area contributed by atoms with Crippen LogP contribution in [0.4, 0.5) is 5.69 Å². The van der Waals surface area contributed by atoms with Gasteiger partial charge < -0.3 is 67.9 Å². The molecule has 0 amide bonds. The zero-order valence-electron chi connectivity index (χ0n) is 87.2. The van der Waals surface area contributed by atoms with E-state index in [1.807, 2.05) is 95.8 Å². The van der Waals surface area contributed by atoms with Crippen molar-refractivity contribution in [1.82, 2.24) is 71.7 Å². The maximum Gasteiger partial charge on any atom is 0.115 e. The zero-order chi connectivity index (χ0) is 100. The Hall–Kier alpha value is -10.2. The van der Waals surface area contributed by atoms with E-state index < -0.39 is 18.4 Å². The van der Waals surface area contributed by atoms with Crippen LogP contribution in [0.1, 0.15) is 108 Å². The number of para-hydroxylation sites is 7. The number of aromatic nitrogens is 15. The average Bonchev–Trinajstić information content (AvgIpc) is 1.67. The molecule has 0 N–H and O–H groups in total. The number of halogens is 4. The first-order valence-electron chi connectivity index (χ1n) is 49.9. The molecule has 0 saturated heterocycles. The van der Waals surface area contributed by atoms with Crippen molar-refractivity contribution >= 4 is 283 Å². The number of imidazole rings is 4. The SMILES string of the molecule is CCC[CH2][Sn]([CH2]CCC)([CH2]CCC)[c]1cccc2c3ccccc3n3c(C)nnc3c12.CN(C)c1ccc2c3ccc[c-]c3c3nc4ccccc4n3c2c1.Cc1cccc(C)c1-c1c(C)nc2c3[c-]cccc3c3cc(CC(C)(C)C)ccc3n12.[Br-].[Cl][Zn+].[I-].[Li+].[Mg+2].[Mg+2].[Zn+][Br].[c-]1cccc2c1c1nc3ccccc3n1c1ccccc21.[c-]1cccc2c1c1nccn1c1ccccc21.[c-]1cccc2c1c1nncn1c1cnccc21. The van der Waals surface area contributed by atoms with Crippen molar-refractivity contribution in [2.75, 3.05) is 19.0 Å². The molecule has 0 unspecified atom stereocenters. The van der Waals surface area contributed by atoms with E-state index in [-0.39, 0.29) is 111 Å². The summed E-state index contributed by atoms with van der Waals surface area (Å²) in [7, 11) is 8.90. The maximum atomic E-state index is 5.06. The van der Waals surface area contributed by atoms with Crippen molar-refractivity contribution < 1.29 is 93.5 Å². The predicted octanol–water partition coefficient (Wildman–Crippen LogP) is 21.7. The zero-order valence-corrected chi connectivity index (χ0v) is 105. The van der Waals surface area contributed by atoms with Gasteiger partial charge in [-0.3, -0.25) is 24.9 Å². The average molecular weight is 2450 g/mol. The van der Waals surface area contributed by atoms with Gasteiger partial charge in [-0.2, -0.15) is 5.10 Å². The summed E-state index contributed by atoms with van der Waals surface area (Å²) in [6.45, 7) is 22.5. The minimum atomic E-state index is -2.64. The molecule has 16 nitrogen and oxygen atoms in total. The number of fused-ring (bicyclic) bond motifs is 40. The fraction of sp³-hybridized carbons (Fsp3) is 0.185. The van der Waals surface area contributed by atoms with E-state index in [2.05, 4.69) is 398 Å². The topological polar surface area (TPSA) is 146 Å². The monoisotopic (exact) mass is 2440 g/mol. The number of aryl methyl sites for hydroxylation is 4. The maximum absolute atomic E-state index is 5.06. The summed E-state index contributed by atoms with van der Waals surface area (Å²) in [5, 5.41) is 38.9. The van der Waals surface area contributed by atoms with E-state index in [9.17, 15) is 0 Å². The Balaban J connectivity index is 0.000000134. The Morgan fingerprint density at radius 2 is 0.840 bits per heavy atom. The molecular weight excluding hydrogens is 2340 g/mol. The summed E-state index contributed by atoms with van der Waals surface area (Å²) in [4.78, 5) is 25.5. The van der Waals surface area contributed by atoms with Gasteiger partial charge in [0.2, 0.25) is 0 Å². The second-order valence-electron chi connectivity index (χ2n) is 38.8. The van der Waals surface area contributed by atoms with Gasteiger partial charge in [0.1, 0.15) is 6.33 Å². The van der Waals surface area contributed by atoms with E-state index in [1.165, 1.54) is 189 Å². The van der Waals surface area contributed by atoms with Gasteiger partial charge in [-0.25, -0.2) is 0 Å². The molecule has 0 bridgehead atoms. The van der Waals surface area contributed by atoms with E-state index in [0.29, 0.717) is 0 Å². The van der Waals surface area contributed by atoms with E-state index in [0.717, 1.165) is 134 Å². The van der Waals surface area contributed by atoms with Crippen molar-refractivity contribution in [3.8, 4) is 11.3 Å². The molecule has 14 aromatic carbocycles. The predicted molar refractivity (Wildman–Crippen MR) is 616 cm³/mol. The van der Waals surface area contributed by atoms with Crippen LogP contribution in [0.2, 0.25) is 13.3 Å². The number of hydrogen-bond donors (Lipinski definition) is 0. The van der Waals surface area contributed by atoms with Crippen LogP contribution in [0.25, 0.3) is 197 Å². The number of unbranched alkanes of at least 4 members (excludes halogenated alkanes) is 3. The Morgan fingerprint density at radius 1 is 0.400 bits per heavy atom. The normalized spacial score (nSPS) is 11.3. The van der Waals surface area contributed by atoms with Crippen LogP contribution in [0, 0.1) is 63.4 Å². The molecule has 27 aromatic rings. The van der Waals surface area contributed by atoms with Crippen LogP contribution in [-0.4, -0.2) is 150 Å². The Morgan fingerprint density at radius 3 is 1.38 bits per heavy atom. The molecule has 27 rings (SSSR count). The van der Waals surface area contributed by atoms with Crippen molar-refractivity contribution in [3.63, 3.8) is 0 Å². The van der Waals surface area contributed by atoms with Crippen molar-refractivity contribution in [1.29, 1.82) is 0 Å². The van der Waals surface area contributed by atoms with Gasteiger partial charge in [-0.05, 0) is 137 Å². The second-order valence-corrected chi connectivity index (χ2v) is 51.9. The van der Waals surface area contributed by atoms with Gasteiger partial charge in [0, 0.05) is 72.2 Å². The fourth-order valence-corrected chi connectivity index (χ4v) is 38.6. The first kappa shape index (κ1) is 114.